The van der Waals surface area contributed by atoms with E-state index >= 15 is 0 Å². The third kappa shape index (κ3) is 6.93. The molecule has 0 aliphatic rings. The number of carbonyl (C=O) groups is 3. The molecule has 0 spiro atoms. The first kappa shape index (κ1) is 20.6. The highest BCUT2D eigenvalue weighted by Crippen LogP contribution is 2.15. The first-order valence-electron chi connectivity index (χ1n) is 8.35. The lowest BCUT2D eigenvalue weighted by atomic mass is 9.91. The van der Waals surface area contributed by atoms with Crippen molar-refractivity contribution in [3.63, 3.8) is 0 Å². The lowest BCUT2D eigenvalue weighted by Crippen LogP contribution is -2.60. The normalized spacial score (nSPS) is 14.2. The molecule has 0 saturated heterocycles. The molecule has 7 heteroatoms. The van der Waals surface area contributed by atoms with Crippen molar-refractivity contribution in [2.45, 2.75) is 51.1 Å². The maximum atomic E-state index is 12.7. The first-order valence-corrected chi connectivity index (χ1v) is 8.35. The summed E-state index contributed by atoms with van der Waals surface area (Å²) in [6, 6.07) is 8.23. The van der Waals surface area contributed by atoms with Crippen LogP contribution in [0.25, 0.3) is 0 Å². The quantitative estimate of drug-likeness (QED) is 0.466. The van der Waals surface area contributed by atoms with Crippen molar-refractivity contribution < 1.29 is 19.5 Å². The van der Waals surface area contributed by atoms with Gasteiger partial charge in [0.15, 0.2) is 0 Å². The van der Waals surface area contributed by atoms with E-state index in [2.05, 4.69) is 10.6 Å². The number of carboxylic acids is 1. The van der Waals surface area contributed by atoms with Crippen molar-refractivity contribution >= 4 is 17.8 Å². The number of carboxylic acid groups (broad SMARTS) is 1. The molecule has 25 heavy (non-hydrogen) atoms. The third-order valence-electron chi connectivity index (χ3n) is 3.90. The Morgan fingerprint density at radius 1 is 1.20 bits per heavy atom. The Morgan fingerprint density at radius 2 is 1.84 bits per heavy atom. The van der Waals surface area contributed by atoms with Crippen LogP contribution < -0.4 is 16.4 Å². The van der Waals surface area contributed by atoms with Crippen LogP contribution in [-0.2, 0) is 20.8 Å². The Kier molecular flexibility index (Phi) is 8.07. The smallest absolute Gasteiger partial charge is 0.326 e. The SMILES string of the molecule is CC(=O)N[C@@](C)(Cc1ccccc1)C(=O)N[C@@H](CCCCN)C(=O)O. The zero-order valence-corrected chi connectivity index (χ0v) is 14.7. The van der Waals surface area contributed by atoms with Crippen molar-refractivity contribution in [3.05, 3.63) is 35.9 Å². The fourth-order valence-corrected chi connectivity index (χ4v) is 2.64. The van der Waals surface area contributed by atoms with Crippen LogP contribution in [0.3, 0.4) is 0 Å². The summed E-state index contributed by atoms with van der Waals surface area (Å²) in [5.41, 5.74) is 5.04. The lowest BCUT2D eigenvalue weighted by Gasteiger charge is -2.30. The number of hydrogen-bond acceptors (Lipinski definition) is 4. The molecule has 2 atom stereocenters. The van der Waals surface area contributed by atoms with E-state index in [9.17, 15) is 19.5 Å². The topological polar surface area (TPSA) is 122 Å². The Balaban J connectivity index is 2.90. The monoisotopic (exact) mass is 349 g/mol. The van der Waals surface area contributed by atoms with Crippen molar-refractivity contribution in [3.8, 4) is 0 Å². The molecule has 1 aromatic rings. The molecular weight excluding hydrogens is 322 g/mol. The summed E-state index contributed by atoms with van der Waals surface area (Å²) in [6.07, 6.45) is 1.84. The Labute approximate surface area is 148 Å². The fourth-order valence-electron chi connectivity index (χ4n) is 2.64. The van der Waals surface area contributed by atoms with Gasteiger partial charge in [-0.25, -0.2) is 4.79 Å². The van der Waals surface area contributed by atoms with Gasteiger partial charge in [0.25, 0.3) is 0 Å². The molecule has 138 valence electrons. The molecule has 5 N–H and O–H groups in total. The lowest BCUT2D eigenvalue weighted by molar-refractivity contribution is -0.143. The number of benzene rings is 1. The fraction of sp³-hybridized carbons (Fsp3) is 0.500. The van der Waals surface area contributed by atoms with E-state index in [0.717, 1.165) is 5.56 Å². The number of amides is 2. The van der Waals surface area contributed by atoms with E-state index in [-0.39, 0.29) is 12.3 Å². The standard InChI is InChI=1S/C18H27N3O4/c1-13(22)21-18(2,12-14-8-4-3-5-9-14)17(25)20-15(16(23)24)10-6-7-11-19/h3-5,8-9,15H,6-7,10-12,19H2,1-2H3,(H,20,25)(H,21,22)(H,23,24)/t15-,18-/m0/s1. The van der Waals surface area contributed by atoms with E-state index in [4.69, 9.17) is 5.73 Å². The average molecular weight is 349 g/mol. The number of hydrogen-bond donors (Lipinski definition) is 4. The summed E-state index contributed by atoms with van der Waals surface area (Å²) >= 11 is 0. The number of unbranched alkanes of at least 4 members (excludes halogenated alkanes) is 1. The highest BCUT2D eigenvalue weighted by molar-refractivity contribution is 5.93. The Morgan fingerprint density at radius 3 is 2.36 bits per heavy atom. The van der Waals surface area contributed by atoms with Gasteiger partial charge >= 0.3 is 5.97 Å². The molecule has 0 fully saturated rings. The van der Waals surface area contributed by atoms with Crippen LogP contribution >= 0.6 is 0 Å². The van der Waals surface area contributed by atoms with Crippen LogP contribution in [0.5, 0.6) is 0 Å². The van der Waals surface area contributed by atoms with Crippen molar-refractivity contribution in [2.24, 2.45) is 5.73 Å². The van der Waals surface area contributed by atoms with Gasteiger partial charge in [-0.15, -0.1) is 0 Å². The predicted molar refractivity (Wildman–Crippen MR) is 94.8 cm³/mol. The summed E-state index contributed by atoms with van der Waals surface area (Å²) in [5.74, 6) is -1.98. The second-order valence-electron chi connectivity index (χ2n) is 6.32. The van der Waals surface area contributed by atoms with Gasteiger partial charge in [0.2, 0.25) is 11.8 Å². The summed E-state index contributed by atoms with van der Waals surface area (Å²) in [4.78, 5) is 35.7. The molecule has 0 heterocycles. The Bertz CT molecular complexity index is 591. The molecule has 2 amide bonds. The largest absolute Gasteiger partial charge is 0.480 e. The highest BCUT2D eigenvalue weighted by Gasteiger charge is 2.36. The number of rotatable bonds is 10. The van der Waals surface area contributed by atoms with E-state index in [1.165, 1.54) is 6.92 Å². The molecule has 0 saturated carbocycles. The maximum absolute atomic E-state index is 12.7. The van der Waals surface area contributed by atoms with Gasteiger partial charge in [-0.2, -0.15) is 0 Å². The van der Waals surface area contributed by atoms with E-state index in [1.807, 2.05) is 30.3 Å². The van der Waals surface area contributed by atoms with Crippen LogP contribution in [0.2, 0.25) is 0 Å². The molecule has 0 unspecified atom stereocenters. The number of carbonyl (C=O) groups excluding carboxylic acids is 2. The summed E-state index contributed by atoms with van der Waals surface area (Å²) in [6.45, 7) is 3.39. The molecule has 1 aromatic carbocycles. The molecule has 1 rings (SSSR count). The molecule has 0 radical (unpaired) electrons. The van der Waals surface area contributed by atoms with Crippen LogP contribution in [0.4, 0.5) is 0 Å². The minimum Gasteiger partial charge on any atom is -0.480 e. The molecular formula is C18H27N3O4. The number of nitrogens with two attached hydrogens (primary N) is 1. The van der Waals surface area contributed by atoms with E-state index < -0.39 is 23.5 Å². The first-order chi connectivity index (χ1) is 11.8. The van der Waals surface area contributed by atoms with Crippen LogP contribution in [0.15, 0.2) is 30.3 Å². The van der Waals surface area contributed by atoms with Crippen molar-refractivity contribution in [2.75, 3.05) is 6.54 Å². The van der Waals surface area contributed by atoms with Gasteiger partial charge in [-0.05, 0) is 38.3 Å². The van der Waals surface area contributed by atoms with Gasteiger partial charge < -0.3 is 21.5 Å². The minimum absolute atomic E-state index is 0.258. The van der Waals surface area contributed by atoms with Crippen LogP contribution in [0, 0.1) is 0 Å². The number of aliphatic carboxylic acids is 1. The van der Waals surface area contributed by atoms with Gasteiger partial charge in [0.05, 0.1) is 0 Å². The predicted octanol–water partition coefficient (Wildman–Crippen LogP) is 0.822. The molecule has 0 aliphatic heterocycles. The Hall–Kier alpha value is -2.41. The van der Waals surface area contributed by atoms with Gasteiger partial charge in [-0.3, -0.25) is 9.59 Å². The van der Waals surface area contributed by atoms with Gasteiger partial charge in [-0.1, -0.05) is 30.3 Å². The van der Waals surface area contributed by atoms with E-state index in [0.29, 0.717) is 25.8 Å². The zero-order valence-electron chi connectivity index (χ0n) is 14.7. The van der Waals surface area contributed by atoms with Crippen molar-refractivity contribution in [1.29, 1.82) is 0 Å². The van der Waals surface area contributed by atoms with Gasteiger partial charge in [0.1, 0.15) is 11.6 Å². The minimum atomic E-state index is -1.24. The molecule has 7 nitrogen and oxygen atoms in total. The summed E-state index contributed by atoms with van der Waals surface area (Å²) in [7, 11) is 0. The van der Waals surface area contributed by atoms with Crippen molar-refractivity contribution in [1.82, 2.24) is 10.6 Å². The molecule has 0 aliphatic carbocycles. The molecule has 0 bridgehead atoms. The van der Waals surface area contributed by atoms with Crippen LogP contribution in [0.1, 0.15) is 38.7 Å². The second-order valence-corrected chi connectivity index (χ2v) is 6.32. The van der Waals surface area contributed by atoms with Gasteiger partial charge in [0, 0.05) is 13.3 Å². The molecule has 0 aromatic heterocycles. The second kappa shape index (κ2) is 9.78. The summed E-state index contributed by atoms with van der Waals surface area (Å²) < 4.78 is 0. The zero-order chi connectivity index (χ0) is 18.9. The third-order valence-corrected chi connectivity index (χ3v) is 3.90. The average Bonchev–Trinajstić information content (AvgIpc) is 2.53. The maximum Gasteiger partial charge on any atom is 0.326 e. The summed E-state index contributed by atoms with van der Waals surface area (Å²) in [5, 5.41) is 14.5. The highest BCUT2D eigenvalue weighted by atomic mass is 16.4. The van der Waals surface area contributed by atoms with E-state index in [1.54, 1.807) is 6.92 Å². The number of nitrogens with one attached hydrogen (secondary N) is 2. The van der Waals surface area contributed by atoms with Crippen LogP contribution in [-0.4, -0.2) is 41.0 Å².